The second-order valence-electron chi connectivity index (χ2n) is 17.0. The first-order valence-corrected chi connectivity index (χ1v) is 17.8. The van der Waals surface area contributed by atoms with Gasteiger partial charge in [-0.3, -0.25) is 0 Å². The van der Waals surface area contributed by atoms with Crippen molar-refractivity contribution in [3.05, 3.63) is 46.6 Å². The first kappa shape index (κ1) is 36.3. The van der Waals surface area contributed by atoms with Gasteiger partial charge in [-0.1, -0.05) is 104 Å². The van der Waals surface area contributed by atoms with E-state index in [1.165, 1.54) is 36.8 Å². The third kappa shape index (κ3) is 6.12. The van der Waals surface area contributed by atoms with E-state index in [1.807, 2.05) is 13.8 Å². The summed E-state index contributed by atoms with van der Waals surface area (Å²) in [4.78, 5) is 23.7. The molecule has 0 N–H and O–H groups in total. The van der Waals surface area contributed by atoms with Gasteiger partial charge in [-0.2, -0.15) is 0 Å². The number of carboxylic acids is 2. The summed E-state index contributed by atoms with van der Waals surface area (Å²) in [6, 6.07) is 0. The second kappa shape index (κ2) is 13.1. The van der Waals surface area contributed by atoms with Crippen LogP contribution in [0.5, 0.6) is 0 Å². The van der Waals surface area contributed by atoms with Gasteiger partial charge in [0.2, 0.25) is 0 Å². The smallest absolute Gasteiger partial charge is 0.550 e. The van der Waals surface area contributed by atoms with Crippen LogP contribution < -0.4 is 10.2 Å². The van der Waals surface area contributed by atoms with Crippen molar-refractivity contribution in [2.75, 3.05) is 0 Å². The zero-order chi connectivity index (χ0) is 32.2. The Bertz CT molecular complexity index is 1190. The van der Waals surface area contributed by atoms with Crippen LogP contribution in [0.1, 0.15) is 132 Å². The fraction of sp³-hybridized carbons (Fsp3) is 0.750. The molecule has 45 heavy (non-hydrogen) atoms. The Kier molecular flexibility index (Phi) is 10.6. The standard InChI is InChI=1S/2C20H30O2.Mn/c2*1-13(2)14-6-8-16-15(12-14)7-9-17-19(16,3)10-5-11-20(17,4)18(21)22;/h2*7,12-13,16-17H,5-6,8-11H2,1-4H3,(H,21,22);/q;;+2/p-2/t2*16-,17+,19+,20+;/m00./s1. The zero-order valence-electron chi connectivity index (χ0n) is 29.3. The second-order valence-corrected chi connectivity index (χ2v) is 17.0. The fourth-order valence-electron chi connectivity index (χ4n) is 11.2. The number of carbonyl (C=O) groups excluding carboxylic acids is 2. The molecule has 6 rings (SSSR count). The molecule has 5 heteroatoms. The van der Waals surface area contributed by atoms with Crippen molar-refractivity contribution in [2.45, 2.75) is 132 Å². The van der Waals surface area contributed by atoms with E-state index in [2.05, 4.69) is 65.8 Å². The van der Waals surface area contributed by atoms with Crippen molar-refractivity contribution in [2.24, 2.45) is 57.2 Å². The molecule has 0 amide bonds. The number of allylic oxidation sites excluding steroid dienone is 8. The third-order valence-electron chi connectivity index (χ3n) is 14.1. The first-order chi connectivity index (χ1) is 20.6. The quantitative estimate of drug-likeness (QED) is 0.290. The van der Waals surface area contributed by atoms with Gasteiger partial charge in [0.25, 0.3) is 0 Å². The van der Waals surface area contributed by atoms with Gasteiger partial charge in [0.1, 0.15) is 0 Å². The molecule has 0 aromatic carbocycles. The Morgan fingerprint density at radius 3 is 1.33 bits per heavy atom. The Morgan fingerprint density at radius 1 is 0.667 bits per heavy atom. The van der Waals surface area contributed by atoms with Gasteiger partial charge in [0.15, 0.2) is 0 Å². The van der Waals surface area contributed by atoms with Gasteiger partial charge in [0.05, 0.1) is 0 Å². The maximum atomic E-state index is 11.8. The van der Waals surface area contributed by atoms with Crippen molar-refractivity contribution < 1.29 is 36.9 Å². The molecule has 0 aromatic heterocycles. The van der Waals surface area contributed by atoms with Gasteiger partial charge in [0, 0.05) is 22.8 Å². The predicted octanol–water partition coefficient (Wildman–Crippen LogP) is 7.74. The van der Waals surface area contributed by atoms with Crippen molar-refractivity contribution in [3.63, 3.8) is 0 Å². The zero-order valence-corrected chi connectivity index (χ0v) is 30.5. The molecule has 0 unspecified atom stereocenters. The number of carboxylic acid groups (broad SMARTS) is 2. The van der Waals surface area contributed by atoms with E-state index >= 15 is 0 Å². The van der Waals surface area contributed by atoms with Crippen LogP contribution in [0, 0.1) is 57.2 Å². The van der Waals surface area contributed by atoms with Crippen molar-refractivity contribution in [1.29, 1.82) is 0 Å². The number of aliphatic carboxylic acids is 2. The van der Waals surface area contributed by atoms with Crippen molar-refractivity contribution in [3.8, 4) is 0 Å². The van der Waals surface area contributed by atoms with E-state index in [4.69, 9.17) is 0 Å². The molecule has 4 nitrogen and oxygen atoms in total. The van der Waals surface area contributed by atoms with Crippen LogP contribution in [-0.2, 0) is 26.7 Å². The van der Waals surface area contributed by atoms with E-state index in [9.17, 15) is 19.8 Å². The molecule has 0 bridgehead atoms. The Hall–Kier alpha value is -1.58. The minimum atomic E-state index is -0.838. The molecule has 249 valence electrons. The van der Waals surface area contributed by atoms with E-state index in [0.29, 0.717) is 23.7 Å². The van der Waals surface area contributed by atoms with Gasteiger partial charge in [-0.15, -0.1) is 0 Å². The molecular formula is C40H58MnO4. The maximum Gasteiger partial charge on any atom is 2.00 e. The van der Waals surface area contributed by atoms with Gasteiger partial charge < -0.3 is 19.8 Å². The SMILES string of the molecule is CC(C)C1=CC2=CC[C@@H]3[C@](C)(CCC[C@@]3(C)C(=O)[O-])[C@H]2CC1.CC(C)C1=CC2=CC[C@@H]3[C@](C)(CCC[C@@]3(C)C(=O)[O-])[C@H]2CC1.[Mn+2]. The van der Waals surface area contributed by atoms with Crippen LogP contribution in [-0.4, -0.2) is 11.9 Å². The number of hydrogen-bond donors (Lipinski definition) is 0. The van der Waals surface area contributed by atoms with Gasteiger partial charge in [-0.05, 0) is 122 Å². The van der Waals surface area contributed by atoms with E-state index in [1.54, 1.807) is 11.1 Å². The third-order valence-corrected chi connectivity index (χ3v) is 14.1. The largest absolute Gasteiger partial charge is 2.00 e. The number of hydrogen-bond acceptors (Lipinski definition) is 4. The molecule has 6 aliphatic carbocycles. The van der Waals surface area contributed by atoms with Crippen LogP contribution in [0.15, 0.2) is 46.6 Å². The summed E-state index contributed by atoms with van der Waals surface area (Å²) < 4.78 is 0. The molecule has 2 saturated carbocycles. The maximum absolute atomic E-state index is 11.8. The van der Waals surface area contributed by atoms with Crippen molar-refractivity contribution >= 4 is 11.9 Å². The topological polar surface area (TPSA) is 80.3 Å². The molecule has 0 spiro atoms. The summed E-state index contributed by atoms with van der Waals surface area (Å²) in [6.45, 7) is 17.7. The van der Waals surface area contributed by atoms with E-state index in [-0.39, 0.29) is 39.7 Å². The van der Waals surface area contributed by atoms with E-state index in [0.717, 1.165) is 51.4 Å². The van der Waals surface area contributed by atoms with Crippen LogP contribution in [0.4, 0.5) is 0 Å². The van der Waals surface area contributed by atoms with Crippen LogP contribution in [0.2, 0.25) is 0 Å². The van der Waals surface area contributed by atoms with Crippen LogP contribution >= 0.6 is 0 Å². The monoisotopic (exact) mass is 657 g/mol. The molecule has 0 aromatic rings. The van der Waals surface area contributed by atoms with Crippen LogP contribution in [0.3, 0.4) is 0 Å². The molecule has 0 heterocycles. The van der Waals surface area contributed by atoms with Gasteiger partial charge in [-0.25, -0.2) is 0 Å². The minimum Gasteiger partial charge on any atom is -0.550 e. The Labute approximate surface area is 284 Å². The van der Waals surface area contributed by atoms with Crippen molar-refractivity contribution in [1.82, 2.24) is 0 Å². The predicted molar refractivity (Wildman–Crippen MR) is 174 cm³/mol. The average molecular weight is 658 g/mol. The molecule has 6 aliphatic rings. The molecule has 0 aliphatic heterocycles. The molecule has 0 saturated heterocycles. The average Bonchev–Trinajstić information content (AvgIpc) is 2.96. The molecule has 8 atom stereocenters. The van der Waals surface area contributed by atoms with Crippen LogP contribution in [0.25, 0.3) is 0 Å². The Morgan fingerprint density at radius 2 is 1.02 bits per heavy atom. The molecule has 2 fully saturated rings. The first-order valence-electron chi connectivity index (χ1n) is 17.8. The minimum absolute atomic E-state index is 0. The van der Waals surface area contributed by atoms with E-state index < -0.39 is 22.8 Å². The molecule has 1 radical (unpaired) electrons. The fourth-order valence-corrected chi connectivity index (χ4v) is 11.2. The summed E-state index contributed by atoms with van der Waals surface area (Å²) in [5.74, 6) is 1.08. The summed E-state index contributed by atoms with van der Waals surface area (Å²) in [5.41, 5.74) is 5.01. The normalized spacial score (nSPS) is 40.4. The summed E-state index contributed by atoms with van der Waals surface area (Å²) >= 11 is 0. The Balaban J connectivity index is 0.000000200. The number of carbonyl (C=O) groups is 2. The summed E-state index contributed by atoms with van der Waals surface area (Å²) in [5, 5.41) is 23.7. The number of rotatable bonds is 4. The number of fused-ring (bicyclic) bond motifs is 6. The van der Waals surface area contributed by atoms with Gasteiger partial charge >= 0.3 is 17.1 Å². The molecular weight excluding hydrogens is 599 g/mol. The summed E-state index contributed by atoms with van der Waals surface area (Å²) in [6.07, 6.45) is 21.9. The summed E-state index contributed by atoms with van der Waals surface area (Å²) in [7, 11) is 0.